The van der Waals surface area contributed by atoms with Crippen molar-refractivity contribution in [3.63, 3.8) is 0 Å². The van der Waals surface area contributed by atoms with Crippen molar-refractivity contribution in [3.8, 4) is 28.7 Å². The lowest BCUT2D eigenvalue weighted by Gasteiger charge is -2.14. The third-order valence-electron chi connectivity index (χ3n) is 4.10. The van der Waals surface area contributed by atoms with Crippen LogP contribution in [0.3, 0.4) is 0 Å². The Morgan fingerprint density at radius 1 is 0.560 bits per heavy atom. The van der Waals surface area contributed by atoms with Gasteiger partial charge < -0.3 is 23.7 Å². The first-order valence-electron chi connectivity index (χ1n) is 8.16. The van der Waals surface area contributed by atoms with Crippen LogP contribution in [0.15, 0.2) is 30.3 Å². The van der Waals surface area contributed by atoms with Crippen molar-refractivity contribution in [2.75, 3.05) is 35.5 Å². The van der Waals surface area contributed by atoms with Gasteiger partial charge in [-0.15, -0.1) is 0 Å². The molecule has 0 aliphatic heterocycles. The molecule has 2 aromatic carbocycles. The molecule has 0 aliphatic rings. The van der Waals surface area contributed by atoms with Crippen LogP contribution in [0, 0.1) is 0 Å². The smallest absolute Gasteiger partial charge is 0.203 e. The van der Waals surface area contributed by atoms with Crippen LogP contribution >= 0.6 is 0 Å². The van der Waals surface area contributed by atoms with Crippen LogP contribution in [-0.2, 0) is 12.8 Å². The summed E-state index contributed by atoms with van der Waals surface area (Å²) in [6.07, 6.45) is 2.84. The summed E-state index contributed by atoms with van der Waals surface area (Å²) in [6, 6.07) is 10.0. The molecule has 2 aromatic rings. The van der Waals surface area contributed by atoms with Crippen LogP contribution in [0.5, 0.6) is 28.7 Å². The summed E-state index contributed by atoms with van der Waals surface area (Å²) in [4.78, 5) is 0. The van der Waals surface area contributed by atoms with Crippen molar-refractivity contribution >= 4 is 0 Å². The van der Waals surface area contributed by atoms with Crippen molar-refractivity contribution < 1.29 is 23.7 Å². The summed E-state index contributed by atoms with van der Waals surface area (Å²) >= 11 is 0. The zero-order valence-electron chi connectivity index (χ0n) is 15.5. The summed E-state index contributed by atoms with van der Waals surface area (Å²) in [5.41, 5.74) is 2.36. The maximum absolute atomic E-state index is 5.40. The molecule has 5 nitrogen and oxygen atoms in total. The fourth-order valence-electron chi connectivity index (χ4n) is 2.81. The second-order valence-electron chi connectivity index (χ2n) is 5.58. The average Bonchev–Trinajstić information content (AvgIpc) is 2.66. The van der Waals surface area contributed by atoms with E-state index in [1.807, 2.05) is 24.3 Å². The lowest BCUT2D eigenvalue weighted by molar-refractivity contribution is 0.323. The first-order chi connectivity index (χ1) is 12.2. The van der Waals surface area contributed by atoms with Crippen LogP contribution < -0.4 is 23.7 Å². The monoisotopic (exact) mass is 346 g/mol. The Balaban J connectivity index is 2.06. The number of benzene rings is 2. The fraction of sp³-hybridized carbons (Fsp3) is 0.400. The largest absolute Gasteiger partial charge is 0.493 e. The molecule has 0 fully saturated rings. The van der Waals surface area contributed by atoms with Crippen molar-refractivity contribution in [2.45, 2.75) is 19.3 Å². The van der Waals surface area contributed by atoms with E-state index in [0.29, 0.717) is 17.2 Å². The molecule has 5 heteroatoms. The SMILES string of the molecule is COc1ccc(CCCc2cc(OC)c(OC)c(OC)c2)cc1OC. The molecular weight excluding hydrogens is 320 g/mol. The van der Waals surface area contributed by atoms with Gasteiger partial charge >= 0.3 is 0 Å². The Hall–Kier alpha value is -2.56. The van der Waals surface area contributed by atoms with Gasteiger partial charge in [0.05, 0.1) is 35.5 Å². The average molecular weight is 346 g/mol. The van der Waals surface area contributed by atoms with Crippen molar-refractivity contribution in [2.24, 2.45) is 0 Å². The molecule has 0 heterocycles. The van der Waals surface area contributed by atoms with Crippen LogP contribution in [0.2, 0.25) is 0 Å². The predicted octanol–water partition coefficient (Wildman–Crippen LogP) is 3.90. The van der Waals surface area contributed by atoms with Gasteiger partial charge in [-0.25, -0.2) is 0 Å². The van der Waals surface area contributed by atoms with Crippen LogP contribution in [-0.4, -0.2) is 35.5 Å². The molecule has 0 saturated carbocycles. The minimum atomic E-state index is 0.619. The predicted molar refractivity (Wildman–Crippen MR) is 97.7 cm³/mol. The second kappa shape index (κ2) is 9.06. The molecule has 0 spiro atoms. The van der Waals surface area contributed by atoms with E-state index in [0.717, 1.165) is 36.3 Å². The summed E-state index contributed by atoms with van der Waals surface area (Å²) in [6.45, 7) is 0. The van der Waals surface area contributed by atoms with Gasteiger partial charge in [-0.3, -0.25) is 0 Å². The highest BCUT2D eigenvalue weighted by molar-refractivity contribution is 5.53. The van der Waals surface area contributed by atoms with Gasteiger partial charge in [0, 0.05) is 0 Å². The first kappa shape index (κ1) is 18.8. The van der Waals surface area contributed by atoms with E-state index in [1.54, 1.807) is 35.5 Å². The normalized spacial score (nSPS) is 10.3. The topological polar surface area (TPSA) is 46.2 Å². The summed E-state index contributed by atoms with van der Waals surface area (Å²) in [5.74, 6) is 3.49. The van der Waals surface area contributed by atoms with Gasteiger partial charge in [0.2, 0.25) is 5.75 Å². The molecule has 0 aliphatic carbocycles. The van der Waals surface area contributed by atoms with Crippen LogP contribution in [0.25, 0.3) is 0 Å². The van der Waals surface area contributed by atoms with E-state index < -0.39 is 0 Å². The number of methoxy groups -OCH3 is 5. The lowest BCUT2D eigenvalue weighted by atomic mass is 10.0. The van der Waals surface area contributed by atoms with Gasteiger partial charge in [-0.1, -0.05) is 6.07 Å². The molecule has 136 valence electrons. The number of ether oxygens (including phenoxy) is 5. The van der Waals surface area contributed by atoms with E-state index >= 15 is 0 Å². The molecule has 0 bridgehead atoms. The van der Waals surface area contributed by atoms with Gasteiger partial charge in [-0.05, 0) is 54.7 Å². The number of rotatable bonds is 9. The van der Waals surface area contributed by atoms with Crippen LogP contribution in [0.4, 0.5) is 0 Å². The van der Waals surface area contributed by atoms with Gasteiger partial charge in [-0.2, -0.15) is 0 Å². The molecule has 0 N–H and O–H groups in total. The van der Waals surface area contributed by atoms with E-state index in [4.69, 9.17) is 23.7 Å². The minimum absolute atomic E-state index is 0.619. The number of aryl methyl sites for hydroxylation is 2. The zero-order valence-corrected chi connectivity index (χ0v) is 15.5. The summed E-state index contributed by atoms with van der Waals surface area (Å²) in [7, 11) is 8.16. The molecule has 0 radical (unpaired) electrons. The molecule has 0 amide bonds. The third kappa shape index (κ3) is 4.50. The van der Waals surface area contributed by atoms with Crippen molar-refractivity contribution in [1.29, 1.82) is 0 Å². The highest BCUT2D eigenvalue weighted by atomic mass is 16.5. The van der Waals surface area contributed by atoms with E-state index in [9.17, 15) is 0 Å². The van der Waals surface area contributed by atoms with E-state index in [-0.39, 0.29) is 0 Å². The highest BCUT2D eigenvalue weighted by Gasteiger charge is 2.13. The maximum Gasteiger partial charge on any atom is 0.203 e. The van der Waals surface area contributed by atoms with Crippen molar-refractivity contribution in [3.05, 3.63) is 41.5 Å². The summed E-state index contributed by atoms with van der Waals surface area (Å²) in [5, 5.41) is 0. The number of hydrogen-bond acceptors (Lipinski definition) is 5. The van der Waals surface area contributed by atoms with E-state index in [1.165, 1.54) is 5.56 Å². The molecular formula is C20H26O5. The standard InChI is InChI=1S/C20H26O5/c1-21-16-10-9-14(11-17(16)22-2)7-6-8-15-12-18(23-3)20(25-5)19(13-15)24-4/h9-13H,6-8H2,1-5H3. The summed E-state index contributed by atoms with van der Waals surface area (Å²) < 4.78 is 26.8. The molecule has 2 rings (SSSR count). The van der Waals surface area contributed by atoms with Gasteiger partial charge in [0.25, 0.3) is 0 Å². The highest BCUT2D eigenvalue weighted by Crippen LogP contribution is 2.38. The molecule has 0 unspecified atom stereocenters. The quantitative estimate of drug-likeness (QED) is 0.689. The Morgan fingerprint density at radius 3 is 1.60 bits per heavy atom. The van der Waals surface area contributed by atoms with Crippen molar-refractivity contribution in [1.82, 2.24) is 0 Å². The second-order valence-corrected chi connectivity index (χ2v) is 5.58. The van der Waals surface area contributed by atoms with Gasteiger partial charge in [0.1, 0.15) is 0 Å². The molecule has 0 atom stereocenters. The molecule has 0 saturated heterocycles. The Kier molecular flexibility index (Phi) is 6.81. The Morgan fingerprint density at radius 2 is 1.08 bits per heavy atom. The van der Waals surface area contributed by atoms with E-state index in [2.05, 4.69) is 6.07 Å². The van der Waals surface area contributed by atoms with Gasteiger partial charge in [0.15, 0.2) is 23.0 Å². The zero-order chi connectivity index (χ0) is 18.2. The number of hydrogen-bond donors (Lipinski definition) is 0. The Bertz CT molecular complexity index is 671. The fourth-order valence-corrected chi connectivity index (χ4v) is 2.81. The van der Waals surface area contributed by atoms with Crippen LogP contribution in [0.1, 0.15) is 17.5 Å². The lowest BCUT2D eigenvalue weighted by Crippen LogP contribution is -1.98. The third-order valence-corrected chi connectivity index (χ3v) is 4.10. The maximum atomic E-state index is 5.40. The molecule has 0 aromatic heterocycles. The minimum Gasteiger partial charge on any atom is -0.493 e. The Labute approximate surface area is 149 Å². The first-order valence-corrected chi connectivity index (χ1v) is 8.16. The molecule has 25 heavy (non-hydrogen) atoms.